The predicted octanol–water partition coefficient (Wildman–Crippen LogP) is 3.13. The van der Waals surface area contributed by atoms with Crippen molar-refractivity contribution in [3.8, 4) is 6.07 Å². The molecule has 0 saturated heterocycles. The van der Waals surface area contributed by atoms with E-state index in [1.165, 1.54) is 0 Å². The highest BCUT2D eigenvalue weighted by molar-refractivity contribution is 7.09. The number of benzene rings is 1. The lowest BCUT2D eigenvalue weighted by atomic mass is 10.2. The number of hydrogen-bond donors (Lipinski definition) is 1. The van der Waals surface area contributed by atoms with Crippen LogP contribution in [0.5, 0.6) is 0 Å². The molecule has 1 heterocycles. The van der Waals surface area contributed by atoms with Gasteiger partial charge in [-0.1, -0.05) is 18.2 Å². The Hall–Kier alpha value is -1.86. The summed E-state index contributed by atoms with van der Waals surface area (Å²) in [4.78, 5) is 4.31. The van der Waals surface area contributed by atoms with Gasteiger partial charge < -0.3 is 5.32 Å². The summed E-state index contributed by atoms with van der Waals surface area (Å²) in [7, 11) is 0. The standard InChI is InChI=1S/C12H11N3S/c1-9-14-12(8-16-9)11(7-13)15-10-5-3-2-4-6-10/h2-6,8,11,15H,1H3. The highest BCUT2D eigenvalue weighted by Crippen LogP contribution is 2.20. The summed E-state index contributed by atoms with van der Waals surface area (Å²) in [5, 5.41) is 15.1. The van der Waals surface area contributed by atoms with E-state index >= 15 is 0 Å². The summed E-state index contributed by atoms with van der Waals surface area (Å²) in [5.41, 5.74) is 1.72. The monoisotopic (exact) mass is 229 g/mol. The van der Waals surface area contributed by atoms with Gasteiger partial charge in [0.05, 0.1) is 16.8 Å². The Morgan fingerprint density at radius 3 is 2.69 bits per heavy atom. The molecule has 0 fully saturated rings. The van der Waals surface area contributed by atoms with Crippen LogP contribution in [0.1, 0.15) is 16.7 Å². The van der Waals surface area contributed by atoms with Gasteiger partial charge in [0.25, 0.3) is 0 Å². The van der Waals surface area contributed by atoms with Crippen molar-refractivity contribution in [2.75, 3.05) is 5.32 Å². The first-order valence-electron chi connectivity index (χ1n) is 4.93. The molecule has 16 heavy (non-hydrogen) atoms. The molecule has 80 valence electrons. The molecule has 1 atom stereocenters. The van der Waals surface area contributed by atoms with E-state index in [0.29, 0.717) is 0 Å². The van der Waals surface area contributed by atoms with E-state index in [1.54, 1.807) is 11.3 Å². The van der Waals surface area contributed by atoms with Gasteiger partial charge in [-0.05, 0) is 19.1 Å². The second kappa shape index (κ2) is 4.77. The maximum absolute atomic E-state index is 9.10. The number of anilines is 1. The second-order valence-electron chi connectivity index (χ2n) is 3.36. The highest BCUT2D eigenvalue weighted by atomic mass is 32.1. The van der Waals surface area contributed by atoms with E-state index in [0.717, 1.165) is 16.4 Å². The third-order valence-corrected chi connectivity index (χ3v) is 2.94. The van der Waals surface area contributed by atoms with Crippen molar-refractivity contribution in [2.45, 2.75) is 13.0 Å². The van der Waals surface area contributed by atoms with Gasteiger partial charge in [-0.2, -0.15) is 5.26 Å². The van der Waals surface area contributed by atoms with E-state index in [-0.39, 0.29) is 6.04 Å². The van der Waals surface area contributed by atoms with E-state index < -0.39 is 0 Å². The summed E-state index contributed by atoms with van der Waals surface area (Å²) in [6.07, 6.45) is 0. The Labute approximate surface area is 98.4 Å². The molecule has 0 bridgehead atoms. The van der Waals surface area contributed by atoms with E-state index in [9.17, 15) is 0 Å². The zero-order valence-corrected chi connectivity index (χ0v) is 9.66. The summed E-state index contributed by atoms with van der Waals surface area (Å²) in [5.74, 6) is 0. The summed E-state index contributed by atoms with van der Waals surface area (Å²) in [6, 6.07) is 11.5. The van der Waals surface area contributed by atoms with Crippen LogP contribution in [0.3, 0.4) is 0 Å². The van der Waals surface area contributed by atoms with Crippen LogP contribution in [0.4, 0.5) is 5.69 Å². The van der Waals surface area contributed by atoms with Crippen LogP contribution in [0.25, 0.3) is 0 Å². The quantitative estimate of drug-likeness (QED) is 0.879. The van der Waals surface area contributed by atoms with Crippen molar-refractivity contribution < 1.29 is 0 Å². The van der Waals surface area contributed by atoms with Crippen molar-refractivity contribution in [2.24, 2.45) is 0 Å². The first-order valence-corrected chi connectivity index (χ1v) is 5.81. The average Bonchev–Trinajstić information content (AvgIpc) is 2.74. The minimum absolute atomic E-state index is 0.382. The Balaban J connectivity index is 2.16. The number of nitrogens with one attached hydrogen (secondary N) is 1. The highest BCUT2D eigenvalue weighted by Gasteiger charge is 2.12. The fraction of sp³-hybridized carbons (Fsp3) is 0.167. The molecule has 0 radical (unpaired) electrons. The molecule has 1 aromatic carbocycles. The lowest BCUT2D eigenvalue weighted by Crippen LogP contribution is -2.08. The number of nitriles is 1. The van der Waals surface area contributed by atoms with Gasteiger partial charge in [0, 0.05) is 11.1 Å². The molecule has 4 heteroatoms. The largest absolute Gasteiger partial charge is 0.365 e. The summed E-state index contributed by atoms with van der Waals surface area (Å²) in [6.45, 7) is 1.94. The molecule has 3 nitrogen and oxygen atoms in total. The molecule has 1 unspecified atom stereocenters. The lowest BCUT2D eigenvalue weighted by Gasteiger charge is -2.10. The third-order valence-electron chi connectivity index (χ3n) is 2.15. The molecular formula is C12H11N3S. The number of rotatable bonds is 3. The average molecular weight is 229 g/mol. The Morgan fingerprint density at radius 2 is 2.12 bits per heavy atom. The molecule has 0 aliphatic rings. The van der Waals surface area contributed by atoms with Crippen LogP contribution in [0, 0.1) is 18.3 Å². The van der Waals surface area contributed by atoms with Crippen LogP contribution >= 0.6 is 11.3 Å². The molecule has 0 spiro atoms. The lowest BCUT2D eigenvalue weighted by molar-refractivity contribution is 0.942. The second-order valence-corrected chi connectivity index (χ2v) is 4.43. The molecule has 1 aromatic heterocycles. The number of aryl methyl sites for hydroxylation is 1. The number of thiazole rings is 1. The fourth-order valence-electron chi connectivity index (χ4n) is 1.39. The summed E-state index contributed by atoms with van der Waals surface area (Å²) >= 11 is 1.56. The Kier molecular flexibility index (Phi) is 3.18. The maximum atomic E-state index is 9.10. The first kappa shape index (κ1) is 10.7. The number of nitrogens with zero attached hydrogens (tertiary/aromatic N) is 2. The molecular weight excluding hydrogens is 218 g/mol. The number of hydrogen-bond acceptors (Lipinski definition) is 4. The minimum atomic E-state index is -0.382. The SMILES string of the molecule is Cc1nc(C(C#N)Nc2ccccc2)cs1. The van der Waals surface area contributed by atoms with Crippen LogP contribution in [0.2, 0.25) is 0 Å². The third kappa shape index (κ3) is 2.38. The zero-order chi connectivity index (χ0) is 11.4. The van der Waals surface area contributed by atoms with Gasteiger partial charge in [0.1, 0.15) is 0 Å². The van der Waals surface area contributed by atoms with E-state index in [4.69, 9.17) is 5.26 Å². The van der Waals surface area contributed by atoms with E-state index in [1.807, 2.05) is 42.6 Å². The van der Waals surface area contributed by atoms with Crippen molar-refractivity contribution in [3.05, 3.63) is 46.4 Å². The molecule has 2 rings (SSSR count). The van der Waals surface area contributed by atoms with Crippen molar-refractivity contribution in [3.63, 3.8) is 0 Å². The molecule has 0 amide bonds. The minimum Gasteiger partial charge on any atom is -0.365 e. The maximum Gasteiger partial charge on any atom is 0.158 e. The predicted molar refractivity (Wildman–Crippen MR) is 65.3 cm³/mol. The van der Waals surface area contributed by atoms with Crippen LogP contribution in [0.15, 0.2) is 35.7 Å². The first-order chi connectivity index (χ1) is 7.79. The number of para-hydroxylation sites is 1. The van der Waals surface area contributed by atoms with Crippen molar-refractivity contribution in [1.82, 2.24) is 4.98 Å². The van der Waals surface area contributed by atoms with Crippen LogP contribution in [-0.4, -0.2) is 4.98 Å². The smallest absolute Gasteiger partial charge is 0.158 e. The Morgan fingerprint density at radius 1 is 1.38 bits per heavy atom. The van der Waals surface area contributed by atoms with Gasteiger partial charge in [-0.3, -0.25) is 0 Å². The van der Waals surface area contributed by atoms with Gasteiger partial charge >= 0.3 is 0 Å². The van der Waals surface area contributed by atoms with Crippen molar-refractivity contribution >= 4 is 17.0 Å². The van der Waals surface area contributed by atoms with E-state index in [2.05, 4.69) is 16.4 Å². The Bertz CT molecular complexity index is 498. The van der Waals surface area contributed by atoms with Crippen molar-refractivity contribution in [1.29, 1.82) is 5.26 Å². The van der Waals surface area contributed by atoms with Crippen LogP contribution < -0.4 is 5.32 Å². The van der Waals surface area contributed by atoms with Gasteiger partial charge in [0.2, 0.25) is 0 Å². The van der Waals surface area contributed by atoms with Gasteiger partial charge in [0.15, 0.2) is 6.04 Å². The fourth-order valence-corrected chi connectivity index (χ4v) is 2.02. The topological polar surface area (TPSA) is 48.7 Å². The molecule has 2 aromatic rings. The summed E-state index contributed by atoms with van der Waals surface area (Å²) < 4.78 is 0. The van der Waals surface area contributed by atoms with Gasteiger partial charge in [-0.15, -0.1) is 11.3 Å². The molecule has 1 N–H and O–H groups in total. The molecule has 0 aliphatic heterocycles. The zero-order valence-electron chi connectivity index (χ0n) is 8.84. The molecule has 0 saturated carbocycles. The van der Waals surface area contributed by atoms with Crippen LogP contribution in [-0.2, 0) is 0 Å². The molecule has 0 aliphatic carbocycles. The van der Waals surface area contributed by atoms with Gasteiger partial charge in [-0.25, -0.2) is 4.98 Å². The normalized spacial score (nSPS) is 11.8. The number of aromatic nitrogens is 1.